The molecule has 1 atom stereocenters. The van der Waals surface area contributed by atoms with Crippen molar-refractivity contribution in [2.45, 2.75) is 33.4 Å². The highest BCUT2D eigenvalue weighted by Crippen LogP contribution is 2.32. The lowest BCUT2D eigenvalue weighted by Gasteiger charge is -2.15. The number of para-hydroxylation sites is 2. The van der Waals surface area contributed by atoms with E-state index >= 15 is 0 Å². The first-order valence-corrected chi connectivity index (χ1v) is 9.92. The van der Waals surface area contributed by atoms with Gasteiger partial charge in [-0.05, 0) is 38.5 Å². The third-order valence-corrected chi connectivity index (χ3v) is 6.13. The summed E-state index contributed by atoms with van der Waals surface area (Å²) in [5.41, 5.74) is 3.12. The minimum atomic E-state index is -0.438. The molecule has 0 saturated carbocycles. The lowest BCUT2D eigenvalue weighted by Crippen LogP contribution is -2.37. The van der Waals surface area contributed by atoms with Gasteiger partial charge in [-0.15, -0.1) is 11.3 Å². The van der Waals surface area contributed by atoms with Crippen LogP contribution in [-0.2, 0) is 18.4 Å². The number of hydrogen-bond acceptors (Lipinski definition) is 6. The Morgan fingerprint density at radius 2 is 2.04 bits per heavy atom. The molecule has 28 heavy (non-hydrogen) atoms. The van der Waals surface area contributed by atoms with Crippen molar-refractivity contribution in [1.29, 1.82) is 0 Å². The molecule has 1 amide bonds. The predicted molar refractivity (Wildman–Crippen MR) is 113 cm³/mol. The SMILES string of the molecule is Cc1sc2ncnc(N[C@H](C)C(=O)NCc3nc4ccccc4n3C)c2c1C. The molecule has 144 valence electrons. The zero-order chi connectivity index (χ0) is 19.8. The number of fused-ring (bicyclic) bond motifs is 2. The van der Waals surface area contributed by atoms with Gasteiger partial charge in [0.15, 0.2) is 0 Å². The number of nitrogens with one attached hydrogen (secondary N) is 2. The van der Waals surface area contributed by atoms with Crippen molar-refractivity contribution in [1.82, 2.24) is 24.8 Å². The topological polar surface area (TPSA) is 84.7 Å². The Morgan fingerprint density at radius 1 is 1.25 bits per heavy atom. The van der Waals surface area contributed by atoms with Gasteiger partial charge in [-0.2, -0.15) is 0 Å². The number of imidazole rings is 1. The van der Waals surface area contributed by atoms with Crippen LogP contribution in [0.25, 0.3) is 21.3 Å². The molecule has 7 nitrogen and oxygen atoms in total. The summed E-state index contributed by atoms with van der Waals surface area (Å²) in [5, 5.41) is 7.18. The molecule has 0 unspecified atom stereocenters. The first kappa shape index (κ1) is 18.4. The summed E-state index contributed by atoms with van der Waals surface area (Å²) in [6, 6.07) is 7.49. The van der Waals surface area contributed by atoms with Gasteiger partial charge in [-0.1, -0.05) is 12.1 Å². The Morgan fingerprint density at radius 3 is 2.82 bits per heavy atom. The zero-order valence-corrected chi connectivity index (χ0v) is 17.1. The van der Waals surface area contributed by atoms with Crippen LogP contribution in [-0.4, -0.2) is 31.5 Å². The summed E-state index contributed by atoms with van der Waals surface area (Å²) in [6.07, 6.45) is 1.53. The van der Waals surface area contributed by atoms with Gasteiger partial charge in [0.25, 0.3) is 0 Å². The highest BCUT2D eigenvalue weighted by molar-refractivity contribution is 7.18. The smallest absolute Gasteiger partial charge is 0.242 e. The molecule has 0 aliphatic carbocycles. The zero-order valence-electron chi connectivity index (χ0n) is 16.3. The minimum Gasteiger partial charge on any atom is -0.358 e. The second-order valence-corrected chi connectivity index (χ2v) is 8.05. The Bertz CT molecular complexity index is 1180. The lowest BCUT2D eigenvalue weighted by molar-refractivity contribution is -0.121. The first-order chi connectivity index (χ1) is 13.5. The molecular formula is C20H22N6OS. The largest absolute Gasteiger partial charge is 0.358 e. The van der Waals surface area contributed by atoms with E-state index in [9.17, 15) is 4.79 Å². The van der Waals surface area contributed by atoms with Crippen molar-refractivity contribution < 1.29 is 4.79 Å². The molecule has 0 spiro atoms. The van der Waals surface area contributed by atoms with Crippen LogP contribution < -0.4 is 10.6 Å². The molecule has 0 bridgehead atoms. The molecule has 0 fully saturated rings. The second-order valence-electron chi connectivity index (χ2n) is 6.85. The second kappa shape index (κ2) is 7.20. The van der Waals surface area contributed by atoms with Gasteiger partial charge in [-0.25, -0.2) is 15.0 Å². The van der Waals surface area contributed by atoms with Crippen LogP contribution in [0.1, 0.15) is 23.2 Å². The van der Waals surface area contributed by atoms with Crippen molar-refractivity contribution >= 4 is 44.3 Å². The summed E-state index contributed by atoms with van der Waals surface area (Å²) >= 11 is 1.64. The van der Waals surface area contributed by atoms with Crippen LogP contribution in [0.3, 0.4) is 0 Å². The fourth-order valence-corrected chi connectivity index (χ4v) is 4.23. The van der Waals surface area contributed by atoms with E-state index in [-0.39, 0.29) is 5.91 Å². The molecule has 8 heteroatoms. The number of anilines is 1. The Kier molecular flexibility index (Phi) is 4.72. The van der Waals surface area contributed by atoms with Crippen LogP contribution >= 0.6 is 11.3 Å². The lowest BCUT2D eigenvalue weighted by atomic mass is 10.2. The number of carbonyl (C=O) groups is 1. The van der Waals surface area contributed by atoms with E-state index in [1.54, 1.807) is 11.3 Å². The number of benzene rings is 1. The summed E-state index contributed by atoms with van der Waals surface area (Å²) in [6.45, 7) is 6.32. The maximum Gasteiger partial charge on any atom is 0.242 e. The predicted octanol–water partition coefficient (Wildman–Crippen LogP) is 3.31. The fraction of sp³-hybridized carbons (Fsp3) is 0.300. The maximum atomic E-state index is 12.6. The summed E-state index contributed by atoms with van der Waals surface area (Å²) < 4.78 is 2.00. The van der Waals surface area contributed by atoms with E-state index in [0.717, 1.165) is 32.6 Å². The summed E-state index contributed by atoms with van der Waals surface area (Å²) in [5.74, 6) is 1.40. The van der Waals surface area contributed by atoms with E-state index in [2.05, 4.69) is 39.4 Å². The van der Waals surface area contributed by atoms with Gasteiger partial charge in [0, 0.05) is 11.9 Å². The third-order valence-electron chi connectivity index (χ3n) is 5.01. The third kappa shape index (κ3) is 3.20. The molecule has 0 radical (unpaired) electrons. The molecule has 0 aliphatic heterocycles. The fourth-order valence-electron chi connectivity index (χ4n) is 3.24. The van der Waals surface area contributed by atoms with E-state index in [0.29, 0.717) is 12.4 Å². The van der Waals surface area contributed by atoms with Gasteiger partial charge in [0.2, 0.25) is 5.91 Å². The number of aryl methyl sites for hydroxylation is 3. The molecule has 4 rings (SSSR count). The minimum absolute atomic E-state index is 0.108. The molecule has 0 aliphatic rings. The van der Waals surface area contributed by atoms with Gasteiger partial charge in [-0.3, -0.25) is 4.79 Å². The van der Waals surface area contributed by atoms with Crippen LogP contribution in [0.2, 0.25) is 0 Å². The Labute approximate surface area is 166 Å². The number of amides is 1. The van der Waals surface area contributed by atoms with E-state index in [4.69, 9.17) is 0 Å². The number of thiophene rings is 1. The Balaban J connectivity index is 1.47. The number of aromatic nitrogens is 4. The summed E-state index contributed by atoms with van der Waals surface area (Å²) in [4.78, 5) is 28.0. The molecule has 4 aromatic rings. The molecular weight excluding hydrogens is 372 g/mol. The highest BCUT2D eigenvalue weighted by Gasteiger charge is 2.18. The van der Waals surface area contributed by atoms with Crippen LogP contribution in [0, 0.1) is 13.8 Å². The quantitative estimate of drug-likeness (QED) is 0.542. The van der Waals surface area contributed by atoms with Crippen molar-refractivity contribution in [3.63, 3.8) is 0 Å². The van der Waals surface area contributed by atoms with Crippen LogP contribution in [0.5, 0.6) is 0 Å². The average molecular weight is 395 g/mol. The standard InChI is InChI=1S/C20H22N6OS/c1-11-13(3)28-20-17(11)18(22-10-23-20)24-12(2)19(27)21-9-16-25-14-7-5-6-8-15(14)26(16)4/h5-8,10,12H,9H2,1-4H3,(H,21,27)(H,22,23,24)/t12-/m1/s1. The average Bonchev–Trinajstić information content (AvgIpc) is 3.17. The summed E-state index contributed by atoms with van der Waals surface area (Å²) in [7, 11) is 1.96. The van der Waals surface area contributed by atoms with Gasteiger partial charge >= 0.3 is 0 Å². The molecule has 3 heterocycles. The monoisotopic (exact) mass is 394 g/mol. The van der Waals surface area contributed by atoms with E-state index in [1.807, 2.05) is 42.8 Å². The molecule has 1 aromatic carbocycles. The Hall–Kier alpha value is -3.00. The van der Waals surface area contributed by atoms with Crippen molar-refractivity contribution in [3.8, 4) is 0 Å². The number of nitrogens with zero attached hydrogens (tertiary/aromatic N) is 4. The van der Waals surface area contributed by atoms with E-state index in [1.165, 1.54) is 11.2 Å². The number of hydrogen-bond donors (Lipinski definition) is 2. The van der Waals surface area contributed by atoms with Crippen molar-refractivity contribution in [2.24, 2.45) is 7.05 Å². The molecule has 2 N–H and O–H groups in total. The normalized spacial score (nSPS) is 12.4. The van der Waals surface area contributed by atoms with Crippen molar-refractivity contribution in [3.05, 3.63) is 46.9 Å². The highest BCUT2D eigenvalue weighted by atomic mass is 32.1. The van der Waals surface area contributed by atoms with Gasteiger partial charge in [0.1, 0.15) is 28.8 Å². The van der Waals surface area contributed by atoms with Crippen LogP contribution in [0.4, 0.5) is 5.82 Å². The van der Waals surface area contributed by atoms with Crippen LogP contribution in [0.15, 0.2) is 30.6 Å². The molecule has 3 aromatic heterocycles. The number of carbonyl (C=O) groups excluding carboxylic acids is 1. The first-order valence-electron chi connectivity index (χ1n) is 9.11. The maximum absolute atomic E-state index is 12.6. The van der Waals surface area contributed by atoms with Gasteiger partial charge < -0.3 is 15.2 Å². The number of rotatable bonds is 5. The van der Waals surface area contributed by atoms with Crippen molar-refractivity contribution in [2.75, 3.05) is 5.32 Å². The van der Waals surface area contributed by atoms with E-state index < -0.39 is 6.04 Å². The van der Waals surface area contributed by atoms with Gasteiger partial charge in [0.05, 0.1) is 23.0 Å². The molecule has 0 saturated heterocycles.